The Morgan fingerprint density at radius 3 is 1.67 bits per heavy atom. The Hall–Kier alpha value is 0.499. The molecule has 0 aliphatic rings. The fraction of sp³-hybridized carbons (Fsp3) is 1.00. The van der Waals surface area contributed by atoms with Crippen molar-refractivity contribution in [3.63, 3.8) is 0 Å². The Kier molecular flexibility index (Phi) is 2.77. The third-order valence-corrected chi connectivity index (χ3v) is 1.46. The van der Waals surface area contributed by atoms with Crippen LogP contribution in [0.3, 0.4) is 0 Å². The van der Waals surface area contributed by atoms with Gasteiger partial charge in [0, 0.05) is 0 Å². The predicted octanol–water partition coefficient (Wildman–Crippen LogP) is -0.332. The number of hydrogen-bond donors (Lipinski definition) is 0. The van der Waals surface area contributed by atoms with Gasteiger partial charge in [-0.25, -0.2) is 0 Å². The van der Waals surface area contributed by atoms with E-state index >= 15 is 0 Å². The maximum absolute atomic E-state index is 11.0. The first kappa shape index (κ1) is 9.50. The molecule has 2 radical (unpaired) electrons. The van der Waals surface area contributed by atoms with Gasteiger partial charge in [-0.1, -0.05) is 0 Å². The summed E-state index contributed by atoms with van der Waals surface area (Å²) < 4.78 is 55.1. The van der Waals surface area contributed by atoms with Crippen LogP contribution in [0.5, 0.6) is 0 Å². The molecule has 0 saturated heterocycles. The van der Waals surface area contributed by atoms with Crippen LogP contribution in [-0.2, 0) is 11.5 Å². The minimum atomic E-state index is -5.07. The van der Waals surface area contributed by atoms with Gasteiger partial charge in [0.1, 0.15) is 0 Å². The van der Waals surface area contributed by atoms with Gasteiger partial charge in [0.2, 0.25) is 0 Å². The monoisotopic (exact) mass is 270 g/mol. The third-order valence-electron chi connectivity index (χ3n) is 0.211. The number of hydrogen-bond acceptors (Lipinski definition) is 3. The van der Waals surface area contributed by atoms with Crippen molar-refractivity contribution in [1.82, 2.24) is 0 Å². The van der Waals surface area contributed by atoms with Gasteiger partial charge in [0.05, 0.1) is 0 Å². The molecule has 0 amide bonds. The fourth-order valence-corrected chi connectivity index (χ4v) is 1.33. The van der Waals surface area contributed by atoms with Gasteiger partial charge in [0.25, 0.3) is 0 Å². The van der Waals surface area contributed by atoms with E-state index in [4.69, 9.17) is 0 Å². The van der Waals surface area contributed by atoms with Crippen LogP contribution in [0, 0.1) is 0 Å². The molecule has 0 heterocycles. The summed E-state index contributed by atoms with van der Waals surface area (Å²) >= 11 is -0.598. The average Bonchev–Trinajstić information content (AvgIpc) is 1.14. The standard InChI is InChI=1S/CF3O3S.Sn.H/c2-1(3,4)7-8(5)6;;. The van der Waals surface area contributed by atoms with E-state index < -0.39 is 34.8 Å². The van der Waals surface area contributed by atoms with Gasteiger partial charge >= 0.3 is 60.6 Å². The molecule has 0 aliphatic heterocycles. The number of halogens is 3. The van der Waals surface area contributed by atoms with Crippen molar-refractivity contribution in [1.29, 1.82) is 0 Å². The van der Waals surface area contributed by atoms with Gasteiger partial charge in [-0.05, 0) is 0 Å². The van der Waals surface area contributed by atoms with Gasteiger partial charge in [-0.3, -0.25) is 0 Å². The minimum absolute atomic E-state index is 0.598. The third kappa shape index (κ3) is 8.50. The summed E-state index contributed by atoms with van der Waals surface area (Å²) in [7, 11) is -4.28. The summed E-state index contributed by atoms with van der Waals surface area (Å²) in [5, 5.41) is 0. The molecular weight excluding hydrogens is 268 g/mol. The van der Waals surface area contributed by atoms with Crippen LogP contribution in [0.1, 0.15) is 0 Å². The molecule has 0 saturated carbocycles. The molecular formula is CHF3O3SSn. The van der Waals surface area contributed by atoms with E-state index in [0.717, 1.165) is 0 Å². The van der Waals surface area contributed by atoms with Crippen molar-refractivity contribution < 1.29 is 25.8 Å². The zero-order valence-corrected chi connectivity index (χ0v) is 7.96. The van der Waals surface area contributed by atoms with Crippen LogP contribution in [0.25, 0.3) is 0 Å². The van der Waals surface area contributed by atoms with Crippen molar-refractivity contribution in [2.45, 2.75) is 6.36 Å². The fourth-order valence-electron chi connectivity index (χ4n) is 0.132. The molecule has 0 aromatic heterocycles. The van der Waals surface area contributed by atoms with Crippen molar-refractivity contribution in [2.75, 3.05) is 0 Å². The van der Waals surface area contributed by atoms with Crippen molar-refractivity contribution in [2.24, 2.45) is 0 Å². The predicted molar refractivity (Wildman–Crippen MR) is 23.2 cm³/mol. The molecule has 0 aliphatic carbocycles. The molecule has 0 N–H and O–H groups in total. The van der Waals surface area contributed by atoms with E-state index in [1.807, 2.05) is 0 Å². The summed E-state index contributed by atoms with van der Waals surface area (Å²) in [5.74, 6) is 0. The van der Waals surface area contributed by atoms with E-state index in [1.54, 1.807) is 0 Å². The molecule has 3 nitrogen and oxygen atoms in total. The first-order valence-corrected chi connectivity index (χ1v) is 7.01. The van der Waals surface area contributed by atoms with E-state index in [-0.39, 0.29) is 0 Å². The molecule has 0 atom stereocenters. The molecule has 0 unspecified atom stereocenters. The number of rotatable bonds is 1. The van der Waals surface area contributed by atoms with Crippen LogP contribution >= 0.6 is 0 Å². The molecule has 0 aromatic carbocycles. The van der Waals surface area contributed by atoms with Gasteiger partial charge < -0.3 is 0 Å². The second-order valence-corrected chi connectivity index (χ2v) is 7.12. The normalized spacial score (nSPS) is 13.8. The molecule has 0 fully saturated rings. The summed E-state index contributed by atoms with van der Waals surface area (Å²) in [6.07, 6.45) is -5.07. The van der Waals surface area contributed by atoms with E-state index in [9.17, 15) is 21.6 Å². The summed E-state index contributed by atoms with van der Waals surface area (Å²) in [4.78, 5) is 0. The second-order valence-electron chi connectivity index (χ2n) is 1.02. The Labute approximate surface area is 60.8 Å². The van der Waals surface area contributed by atoms with Crippen LogP contribution in [0.15, 0.2) is 0 Å². The zero-order valence-electron chi connectivity index (χ0n) is 3.84. The van der Waals surface area contributed by atoms with Gasteiger partial charge in [-0.2, -0.15) is 0 Å². The van der Waals surface area contributed by atoms with Crippen LogP contribution < -0.4 is 0 Å². The first-order chi connectivity index (χ1) is 3.71. The number of alkyl halides is 3. The zero-order chi connectivity index (χ0) is 7.71. The Balaban J connectivity index is 4.07. The van der Waals surface area contributed by atoms with Crippen molar-refractivity contribution in [3.8, 4) is 0 Å². The van der Waals surface area contributed by atoms with Gasteiger partial charge in [-0.15, -0.1) is 0 Å². The van der Waals surface area contributed by atoms with E-state index in [0.29, 0.717) is 0 Å². The summed E-state index contributed by atoms with van der Waals surface area (Å²) in [6, 6.07) is 0. The van der Waals surface area contributed by atoms with E-state index in [2.05, 4.69) is 4.18 Å². The SMILES string of the molecule is O=[S](=O)([SnH])OC(F)(F)F. The van der Waals surface area contributed by atoms with Crippen molar-refractivity contribution in [3.05, 3.63) is 0 Å². The Morgan fingerprint density at radius 2 is 1.67 bits per heavy atom. The Morgan fingerprint density at radius 1 is 1.33 bits per heavy atom. The van der Waals surface area contributed by atoms with Crippen LogP contribution in [0.4, 0.5) is 13.2 Å². The quantitative estimate of drug-likeness (QED) is 0.612. The Bertz CT molecular complexity index is 180. The van der Waals surface area contributed by atoms with Crippen LogP contribution in [0.2, 0.25) is 0 Å². The first-order valence-electron chi connectivity index (χ1n) is 1.51. The summed E-state index contributed by atoms with van der Waals surface area (Å²) in [6.45, 7) is 0. The van der Waals surface area contributed by atoms with E-state index in [1.165, 1.54) is 0 Å². The molecule has 0 spiro atoms. The van der Waals surface area contributed by atoms with Gasteiger partial charge in [0.15, 0.2) is 0 Å². The molecule has 0 aromatic rings. The molecule has 0 bridgehead atoms. The molecule has 9 heavy (non-hydrogen) atoms. The molecule has 8 heteroatoms. The average molecular weight is 269 g/mol. The summed E-state index contributed by atoms with van der Waals surface area (Å²) in [5.41, 5.74) is 0. The van der Waals surface area contributed by atoms with Crippen LogP contribution in [-0.4, -0.2) is 35.9 Å². The topological polar surface area (TPSA) is 43.4 Å². The second kappa shape index (κ2) is 2.62. The molecule has 54 valence electrons. The van der Waals surface area contributed by atoms with Crippen molar-refractivity contribution >= 4 is 28.4 Å². The molecule has 0 rings (SSSR count). The maximum atomic E-state index is 11.0.